The van der Waals surface area contributed by atoms with Gasteiger partial charge in [-0.05, 0) is 48.1 Å². The highest BCUT2D eigenvalue weighted by Crippen LogP contribution is 2.32. The summed E-state index contributed by atoms with van der Waals surface area (Å²) in [6, 6.07) is 13.8. The third-order valence-corrected chi connectivity index (χ3v) is 5.30. The Hall–Kier alpha value is -2.61. The average molecular weight is 431 g/mol. The van der Waals surface area contributed by atoms with E-state index in [9.17, 15) is 9.59 Å². The fourth-order valence-electron chi connectivity index (χ4n) is 2.34. The van der Waals surface area contributed by atoms with Crippen LogP contribution in [0.15, 0.2) is 66.1 Å². The molecule has 1 heterocycles. The minimum Gasteiger partial charge on any atom is -0.490 e. The summed E-state index contributed by atoms with van der Waals surface area (Å²) in [5.74, 6) is -0.203. The van der Waals surface area contributed by atoms with Gasteiger partial charge in [0, 0.05) is 0 Å². The van der Waals surface area contributed by atoms with Crippen molar-refractivity contribution < 1.29 is 14.3 Å². The molecule has 1 N–H and O–H groups in total. The van der Waals surface area contributed by atoms with Crippen molar-refractivity contribution in [1.29, 1.82) is 0 Å². The molecule has 5 nitrogen and oxygen atoms in total. The number of thioether (sulfide) groups is 1. The third-order valence-electron chi connectivity index (χ3n) is 3.67. The number of nitrogens with one attached hydrogen (secondary N) is 1. The predicted molar refractivity (Wildman–Crippen MR) is 116 cm³/mol. The summed E-state index contributed by atoms with van der Waals surface area (Å²) in [5, 5.41) is 1.35. The van der Waals surface area contributed by atoms with Gasteiger partial charge < -0.3 is 4.74 Å². The molecule has 0 atom stereocenters. The van der Waals surface area contributed by atoms with Gasteiger partial charge in [0.15, 0.2) is 4.32 Å². The Morgan fingerprint density at radius 2 is 1.96 bits per heavy atom. The van der Waals surface area contributed by atoms with E-state index in [4.69, 9.17) is 28.6 Å². The van der Waals surface area contributed by atoms with Crippen molar-refractivity contribution in [3.8, 4) is 5.75 Å². The Kier molecular flexibility index (Phi) is 6.51. The summed E-state index contributed by atoms with van der Waals surface area (Å²) in [5.41, 5.74) is 3.58. The highest BCUT2D eigenvalue weighted by molar-refractivity contribution is 8.26. The molecule has 2 aromatic carbocycles. The van der Waals surface area contributed by atoms with E-state index >= 15 is 0 Å². The Morgan fingerprint density at radius 3 is 2.64 bits per heavy atom. The number of carbonyl (C=O) groups is 2. The molecule has 8 heteroatoms. The predicted octanol–water partition coefficient (Wildman–Crippen LogP) is 4.45. The number of hydrogen-bond donors (Lipinski definition) is 1. The second-order valence-corrected chi connectivity index (χ2v) is 7.69. The summed E-state index contributed by atoms with van der Waals surface area (Å²) >= 11 is 12.4. The SMILES string of the molecule is C=CCOc1ccc(/C=C2\SC(=S)N(NC(=O)c3ccccc3Cl)C2=O)cc1. The van der Waals surface area contributed by atoms with Crippen molar-refractivity contribution in [3.05, 3.63) is 82.2 Å². The monoisotopic (exact) mass is 430 g/mol. The summed E-state index contributed by atoms with van der Waals surface area (Å²) in [4.78, 5) is 25.5. The zero-order valence-corrected chi connectivity index (χ0v) is 16.9. The number of hydrogen-bond acceptors (Lipinski definition) is 5. The molecule has 28 heavy (non-hydrogen) atoms. The van der Waals surface area contributed by atoms with Crippen LogP contribution in [0.25, 0.3) is 6.08 Å². The number of rotatable bonds is 6. The maximum atomic E-state index is 12.6. The molecule has 2 amide bonds. The van der Waals surface area contributed by atoms with Gasteiger partial charge in [0.25, 0.3) is 11.8 Å². The van der Waals surface area contributed by atoms with Crippen molar-refractivity contribution in [2.75, 3.05) is 6.61 Å². The quantitative estimate of drug-likeness (QED) is 0.417. The first-order valence-electron chi connectivity index (χ1n) is 8.17. The van der Waals surface area contributed by atoms with E-state index in [2.05, 4.69) is 12.0 Å². The van der Waals surface area contributed by atoms with E-state index in [1.807, 2.05) is 12.1 Å². The van der Waals surface area contributed by atoms with Gasteiger partial charge in [0.1, 0.15) is 12.4 Å². The molecule has 3 rings (SSSR count). The van der Waals surface area contributed by atoms with Crippen LogP contribution in [-0.4, -0.2) is 27.8 Å². The van der Waals surface area contributed by atoms with Crippen molar-refractivity contribution in [1.82, 2.24) is 10.4 Å². The van der Waals surface area contributed by atoms with Crippen molar-refractivity contribution in [2.45, 2.75) is 0 Å². The van der Waals surface area contributed by atoms with E-state index in [-0.39, 0.29) is 9.88 Å². The maximum absolute atomic E-state index is 12.6. The average Bonchev–Trinajstić information content (AvgIpc) is 2.95. The minimum atomic E-state index is -0.508. The lowest BCUT2D eigenvalue weighted by Gasteiger charge is -2.16. The fourth-order valence-corrected chi connectivity index (χ4v) is 3.74. The van der Waals surface area contributed by atoms with Gasteiger partial charge in [0.2, 0.25) is 0 Å². The number of ether oxygens (including phenoxy) is 1. The summed E-state index contributed by atoms with van der Waals surface area (Å²) in [6.07, 6.45) is 3.37. The Bertz CT molecular complexity index is 974. The molecule has 0 spiro atoms. The molecule has 0 bridgehead atoms. The lowest BCUT2D eigenvalue weighted by atomic mass is 10.2. The molecule has 0 aliphatic carbocycles. The van der Waals surface area contributed by atoms with Gasteiger partial charge in [-0.1, -0.05) is 60.3 Å². The zero-order valence-electron chi connectivity index (χ0n) is 14.6. The molecule has 0 unspecified atom stereocenters. The lowest BCUT2D eigenvalue weighted by molar-refractivity contribution is -0.123. The van der Waals surface area contributed by atoms with Crippen LogP contribution in [0.4, 0.5) is 0 Å². The van der Waals surface area contributed by atoms with Crippen LogP contribution < -0.4 is 10.2 Å². The Labute approximate surface area is 177 Å². The fraction of sp³-hybridized carbons (Fsp3) is 0.0500. The Morgan fingerprint density at radius 1 is 1.25 bits per heavy atom. The van der Waals surface area contributed by atoms with Crippen molar-refractivity contribution in [3.63, 3.8) is 0 Å². The van der Waals surface area contributed by atoms with Gasteiger partial charge >= 0.3 is 0 Å². The van der Waals surface area contributed by atoms with Gasteiger partial charge in [-0.3, -0.25) is 15.0 Å². The number of amides is 2. The molecule has 0 radical (unpaired) electrons. The molecule has 2 aromatic rings. The maximum Gasteiger partial charge on any atom is 0.285 e. The van der Waals surface area contributed by atoms with Crippen LogP contribution in [0.1, 0.15) is 15.9 Å². The van der Waals surface area contributed by atoms with Gasteiger partial charge in [-0.2, -0.15) is 5.01 Å². The number of halogens is 1. The van der Waals surface area contributed by atoms with Gasteiger partial charge in [0.05, 0.1) is 15.5 Å². The summed E-state index contributed by atoms with van der Waals surface area (Å²) in [7, 11) is 0. The van der Waals surface area contributed by atoms with Crippen molar-refractivity contribution in [2.24, 2.45) is 0 Å². The van der Waals surface area contributed by atoms with E-state index < -0.39 is 11.8 Å². The zero-order chi connectivity index (χ0) is 20.1. The molecule has 142 valence electrons. The number of carbonyl (C=O) groups excluding carboxylic acids is 2. The molecule has 1 aliphatic rings. The lowest BCUT2D eigenvalue weighted by Crippen LogP contribution is -2.44. The van der Waals surface area contributed by atoms with Crippen LogP contribution >= 0.6 is 35.6 Å². The van der Waals surface area contributed by atoms with E-state index in [0.717, 1.165) is 22.3 Å². The van der Waals surface area contributed by atoms with Crippen molar-refractivity contribution >= 4 is 57.8 Å². The molecular formula is C20H15ClN2O3S2. The van der Waals surface area contributed by atoms with Crippen LogP contribution in [0.3, 0.4) is 0 Å². The van der Waals surface area contributed by atoms with Gasteiger partial charge in [-0.25, -0.2) is 0 Å². The van der Waals surface area contributed by atoms with Crippen LogP contribution in [0.5, 0.6) is 5.75 Å². The van der Waals surface area contributed by atoms with Crippen LogP contribution in [-0.2, 0) is 4.79 Å². The second kappa shape index (κ2) is 9.05. The molecule has 1 aliphatic heterocycles. The highest BCUT2D eigenvalue weighted by atomic mass is 35.5. The first-order chi connectivity index (χ1) is 13.5. The topological polar surface area (TPSA) is 58.6 Å². The highest BCUT2D eigenvalue weighted by Gasteiger charge is 2.34. The molecule has 0 aromatic heterocycles. The first-order valence-corrected chi connectivity index (χ1v) is 9.77. The number of benzene rings is 2. The smallest absolute Gasteiger partial charge is 0.285 e. The minimum absolute atomic E-state index is 0.239. The molecule has 1 saturated heterocycles. The second-order valence-electron chi connectivity index (χ2n) is 5.61. The Balaban J connectivity index is 1.72. The standard InChI is InChI=1S/C20H15ClN2O3S2/c1-2-11-26-14-9-7-13(8-10-14)12-17-19(25)23(20(27)28-17)22-18(24)15-5-3-4-6-16(15)21/h2-10,12H,1,11H2,(H,22,24)/b17-12-. The van der Waals surface area contributed by atoms with Crippen LogP contribution in [0, 0.1) is 0 Å². The summed E-state index contributed by atoms with van der Waals surface area (Å²) < 4.78 is 5.67. The molecule has 0 saturated carbocycles. The molecular weight excluding hydrogens is 416 g/mol. The number of thiocarbonyl (C=S) groups is 1. The largest absolute Gasteiger partial charge is 0.490 e. The molecule has 1 fully saturated rings. The van der Waals surface area contributed by atoms with E-state index in [1.54, 1.807) is 48.6 Å². The first kappa shape index (κ1) is 20.1. The normalized spacial score (nSPS) is 15.0. The summed E-state index contributed by atoms with van der Waals surface area (Å²) in [6.45, 7) is 4.02. The number of hydrazine groups is 1. The van der Waals surface area contributed by atoms with E-state index in [0.29, 0.717) is 22.3 Å². The number of nitrogens with zero attached hydrogens (tertiary/aromatic N) is 1. The van der Waals surface area contributed by atoms with Gasteiger partial charge in [-0.15, -0.1) is 0 Å². The van der Waals surface area contributed by atoms with E-state index in [1.165, 1.54) is 0 Å². The van der Waals surface area contributed by atoms with Crippen LogP contribution in [0.2, 0.25) is 5.02 Å². The third kappa shape index (κ3) is 4.62.